The highest BCUT2D eigenvalue weighted by Crippen LogP contribution is 2.34. The Morgan fingerprint density at radius 2 is 2.33 bits per heavy atom. The van der Waals surface area contributed by atoms with Gasteiger partial charge in [0.2, 0.25) is 0 Å². The summed E-state index contributed by atoms with van der Waals surface area (Å²) in [6, 6.07) is 6.72. The Morgan fingerprint density at radius 1 is 1.44 bits per heavy atom. The minimum atomic E-state index is -0.296. The minimum Gasteiger partial charge on any atom is -0.373 e. The molecule has 0 saturated carbocycles. The molecule has 0 radical (unpaired) electrons. The average molecular weight is 246 g/mol. The Balaban J connectivity index is 1.66. The quantitative estimate of drug-likeness (QED) is 0.888. The first-order valence-corrected chi connectivity index (χ1v) is 6.33. The van der Waals surface area contributed by atoms with Gasteiger partial charge in [0.05, 0.1) is 23.8 Å². The summed E-state index contributed by atoms with van der Waals surface area (Å²) in [7, 11) is 0. The highest BCUT2D eigenvalue weighted by atomic mass is 19.1. The summed E-state index contributed by atoms with van der Waals surface area (Å²) in [6.07, 6.45) is 3.99. The monoisotopic (exact) mass is 246 g/mol. The summed E-state index contributed by atoms with van der Waals surface area (Å²) >= 11 is 0. The molecule has 3 atom stereocenters. The summed E-state index contributed by atoms with van der Waals surface area (Å²) in [5.74, 6) is -0.296. The normalized spacial score (nSPS) is 29.4. The largest absolute Gasteiger partial charge is 0.373 e. The van der Waals surface area contributed by atoms with Crippen LogP contribution in [0, 0.1) is 17.1 Å². The van der Waals surface area contributed by atoms with E-state index in [1.165, 1.54) is 18.2 Å². The number of hydrogen-bond acceptors (Lipinski definition) is 3. The van der Waals surface area contributed by atoms with Crippen molar-refractivity contribution >= 4 is 0 Å². The number of rotatable bonds is 3. The van der Waals surface area contributed by atoms with Gasteiger partial charge >= 0.3 is 0 Å². The molecule has 1 aromatic rings. The van der Waals surface area contributed by atoms with E-state index in [-0.39, 0.29) is 5.82 Å². The first-order valence-electron chi connectivity index (χ1n) is 6.33. The summed E-state index contributed by atoms with van der Waals surface area (Å²) < 4.78 is 18.9. The molecule has 18 heavy (non-hydrogen) atoms. The van der Waals surface area contributed by atoms with Crippen LogP contribution in [0.3, 0.4) is 0 Å². The van der Waals surface area contributed by atoms with Gasteiger partial charge in [0.25, 0.3) is 0 Å². The van der Waals surface area contributed by atoms with Crippen LogP contribution in [0.15, 0.2) is 18.2 Å². The van der Waals surface area contributed by atoms with Crippen molar-refractivity contribution in [3.8, 4) is 6.07 Å². The number of nitrogens with one attached hydrogen (secondary N) is 1. The van der Waals surface area contributed by atoms with Crippen LogP contribution in [0.5, 0.6) is 0 Å². The van der Waals surface area contributed by atoms with E-state index in [1.807, 2.05) is 0 Å². The summed E-state index contributed by atoms with van der Waals surface area (Å²) in [5.41, 5.74) is 1.26. The smallest absolute Gasteiger partial charge is 0.123 e. The van der Waals surface area contributed by atoms with Crippen molar-refractivity contribution in [3.63, 3.8) is 0 Å². The van der Waals surface area contributed by atoms with Crippen LogP contribution in [-0.2, 0) is 11.3 Å². The van der Waals surface area contributed by atoms with Crippen molar-refractivity contribution in [2.75, 3.05) is 0 Å². The van der Waals surface area contributed by atoms with E-state index >= 15 is 0 Å². The van der Waals surface area contributed by atoms with E-state index < -0.39 is 0 Å². The van der Waals surface area contributed by atoms with Crippen molar-refractivity contribution in [1.82, 2.24) is 5.32 Å². The Hall–Kier alpha value is -1.44. The zero-order chi connectivity index (χ0) is 12.5. The van der Waals surface area contributed by atoms with Crippen LogP contribution in [-0.4, -0.2) is 18.2 Å². The molecule has 3 rings (SSSR count). The summed E-state index contributed by atoms with van der Waals surface area (Å²) in [6.45, 7) is 0.526. The molecular weight excluding hydrogens is 231 g/mol. The lowest BCUT2D eigenvalue weighted by Gasteiger charge is -2.20. The minimum absolute atomic E-state index is 0.296. The van der Waals surface area contributed by atoms with E-state index in [0.29, 0.717) is 30.4 Å². The number of nitrogens with zero attached hydrogens (tertiary/aromatic N) is 1. The molecule has 2 saturated heterocycles. The highest BCUT2D eigenvalue weighted by molar-refractivity contribution is 5.37. The molecule has 2 bridgehead atoms. The Morgan fingerprint density at radius 3 is 3.00 bits per heavy atom. The van der Waals surface area contributed by atoms with Crippen LogP contribution in [0.1, 0.15) is 30.4 Å². The van der Waals surface area contributed by atoms with Gasteiger partial charge in [-0.2, -0.15) is 5.26 Å². The molecule has 0 spiro atoms. The Bertz CT molecular complexity index is 497. The zero-order valence-electron chi connectivity index (χ0n) is 10.0. The van der Waals surface area contributed by atoms with Crippen LogP contribution >= 0.6 is 0 Å². The third-order valence-corrected chi connectivity index (χ3v) is 3.85. The third-order valence-electron chi connectivity index (χ3n) is 3.85. The van der Waals surface area contributed by atoms with Gasteiger partial charge in [-0.3, -0.25) is 0 Å². The van der Waals surface area contributed by atoms with Crippen molar-refractivity contribution < 1.29 is 9.13 Å². The van der Waals surface area contributed by atoms with E-state index in [0.717, 1.165) is 24.8 Å². The van der Waals surface area contributed by atoms with Gasteiger partial charge < -0.3 is 10.1 Å². The van der Waals surface area contributed by atoms with Crippen LogP contribution < -0.4 is 5.32 Å². The Labute approximate surface area is 106 Å². The van der Waals surface area contributed by atoms with E-state index in [4.69, 9.17) is 10.00 Å². The number of halogens is 1. The predicted molar refractivity (Wildman–Crippen MR) is 64.3 cm³/mol. The fraction of sp³-hybridized carbons (Fsp3) is 0.500. The number of hydrogen-bond donors (Lipinski definition) is 1. The first-order chi connectivity index (χ1) is 8.76. The van der Waals surface area contributed by atoms with Gasteiger partial charge in [-0.25, -0.2) is 4.39 Å². The van der Waals surface area contributed by atoms with Crippen LogP contribution in [0.4, 0.5) is 4.39 Å². The molecule has 0 aromatic heterocycles. The molecule has 4 heteroatoms. The fourth-order valence-electron chi connectivity index (χ4n) is 2.91. The molecule has 0 amide bonds. The average Bonchev–Trinajstić information content (AvgIpc) is 2.98. The molecule has 94 valence electrons. The molecule has 0 aliphatic carbocycles. The predicted octanol–water partition coefficient (Wildman–Crippen LogP) is 2.11. The molecule has 1 aromatic carbocycles. The molecule has 2 heterocycles. The molecule has 3 nitrogen and oxygen atoms in total. The van der Waals surface area contributed by atoms with Gasteiger partial charge in [0.1, 0.15) is 5.82 Å². The Kier molecular flexibility index (Phi) is 3.02. The SMILES string of the molecule is N#Cc1ccc(F)cc1CNC1CC2CCC1O2. The number of nitriles is 1. The second-order valence-corrected chi connectivity index (χ2v) is 5.01. The number of benzene rings is 1. The molecule has 3 unspecified atom stereocenters. The lowest BCUT2D eigenvalue weighted by Crippen LogP contribution is -2.37. The number of ether oxygens (including phenoxy) is 1. The lowest BCUT2D eigenvalue weighted by molar-refractivity contribution is 0.0973. The second kappa shape index (κ2) is 4.68. The van der Waals surface area contributed by atoms with Gasteiger partial charge in [-0.1, -0.05) is 0 Å². The van der Waals surface area contributed by atoms with Crippen LogP contribution in [0.25, 0.3) is 0 Å². The molecular formula is C14H15FN2O. The molecule has 2 fully saturated rings. The zero-order valence-corrected chi connectivity index (χ0v) is 10.0. The maximum atomic E-state index is 13.2. The topological polar surface area (TPSA) is 45.0 Å². The standard InChI is InChI=1S/C14H15FN2O/c15-11-2-1-9(7-16)10(5-11)8-17-13-6-12-3-4-14(13)18-12/h1-2,5,12-14,17H,3-4,6,8H2. The maximum Gasteiger partial charge on any atom is 0.123 e. The van der Waals surface area contributed by atoms with E-state index in [2.05, 4.69) is 11.4 Å². The van der Waals surface area contributed by atoms with Gasteiger partial charge in [0, 0.05) is 12.6 Å². The number of fused-ring (bicyclic) bond motifs is 2. The van der Waals surface area contributed by atoms with Crippen molar-refractivity contribution in [2.45, 2.75) is 44.1 Å². The van der Waals surface area contributed by atoms with E-state index in [9.17, 15) is 4.39 Å². The first kappa shape index (κ1) is 11.6. The summed E-state index contributed by atoms with van der Waals surface area (Å²) in [4.78, 5) is 0. The fourth-order valence-corrected chi connectivity index (χ4v) is 2.91. The highest BCUT2D eigenvalue weighted by Gasteiger charge is 2.40. The van der Waals surface area contributed by atoms with Gasteiger partial charge in [-0.15, -0.1) is 0 Å². The maximum absolute atomic E-state index is 13.2. The van der Waals surface area contributed by atoms with E-state index in [1.54, 1.807) is 0 Å². The van der Waals surface area contributed by atoms with Gasteiger partial charge in [-0.05, 0) is 43.0 Å². The van der Waals surface area contributed by atoms with Crippen molar-refractivity contribution in [3.05, 3.63) is 35.1 Å². The van der Waals surface area contributed by atoms with Crippen LogP contribution in [0.2, 0.25) is 0 Å². The van der Waals surface area contributed by atoms with Gasteiger partial charge in [0.15, 0.2) is 0 Å². The summed E-state index contributed by atoms with van der Waals surface area (Å²) in [5, 5.41) is 12.4. The third kappa shape index (κ3) is 2.12. The lowest BCUT2D eigenvalue weighted by atomic mass is 9.95. The molecule has 2 aliphatic heterocycles. The van der Waals surface area contributed by atoms with Crippen molar-refractivity contribution in [2.24, 2.45) is 0 Å². The van der Waals surface area contributed by atoms with Crippen molar-refractivity contribution in [1.29, 1.82) is 5.26 Å². The molecule has 2 aliphatic rings. The molecule has 1 N–H and O–H groups in total. The second-order valence-electron chi connectivity index (χ2n) is 5.01.